The lowest BCUT2D eigenvalue weighted by molar-refractivity contribution is 0.0626. The summed E-state index contributed by atoms with van der Waals surface area (Å²) in [6.45, 7) is 0.0840. The topological polar surface area (TPSA) is 84.7 Å². The minimum Gasteiger partial charge on any atom is -0.451 e. The maximum absolute atomic E-state index is 12.6. The van der Waals surface area contributed by atoms with Gasteiger partial charge in [0, 0.05) is 24.2 Å². The van der Waals surface area contributed by atoms with E-state index in [-0.39, 0.29) is 29.2 Å². The van der Waals surface area contributed by atoms with Crippen molar-refractivity contribution >= 4 is 38.3 Å². The first-order valence-electron chi connectivity index (χ1n) is 8.18. The second-order valence-electron chi connectivity index (χ2n) is 6.30. The number of amides is 1. The lowest BCUT2D eigenvalue weighted by Crippen LogP contribution is -2.56. The van der Waals surface area contributed by atoms with Crippen molar-refractivity contribution in [1.82, 2.24) is 4.90 Å². The van der Waals surface area contributed by atoms with Crippen LogP contribution in [-0.4, -0.2) is 37.6 Å². The van der Waals surface area contributed by atoms with E-state index in [1.165, 1.54) is 29.2 Å². The van der Waals surface area contributed by atoms with Crippen molar-refractivity contribution < 1.29 is 17.6 Å². The zero-order valence-electron chi connectivity index (χ0n) is 14.0. The molecule has 6 nitrogen and oxygen atoms in total. The van der Waals surface area contributed by atoms with E-state index in [2.05, 4.69) is 0 Å². The minimum atomic E-state index is -3.56. The molecule has 8 heteroatoms. The Morgan fingerprint density at radius 1 is 1.07 bits per heavy atom. The number of halogens is 1. The van der Waals surface area contributed by atoms with Crippen LogP contribution >= 0.6 is 11.6 Å². The molecular weight excluding hydrogens is 390 g/mol. The summed E-state index contributed by atoms with van der Waals surface area (Å²) in [5, 5.41) is 0.140. The number of likely N-dealkylation sites (tertiary alicyclic amines) is 1. The number of sulfone groups is 1. The quantitative estimate of drug-likeness (QED) is 0.671. The first-order chi connectivity index (χ1) is 12.9. The monoisotopic (exact) mass is 403 g/mol. The van der Waals surface area contributed by atoms with Gasteiger partial charge in [-0.25, -0.2) is 8.42 Å². The van der Waals surface area contributed by atoms with Crippen molar-refractivity contribution in [2.24, 2.45) is 0 Å². The summed E-state index contributed by atoms with van der Waals surface area (Å²) in [6.07, 6.45) is 0. The van der Waals surface area contributed by atoms with Crippen LogP contribution in [0, 0.1) is 0 Å². The Kier molecular flexibility index (Phi) is 4.28. The molecule has 0 radical (unpaired) electrons. The van der Waals surface area contributed by atoms with E-state index in [1.54, 1.807) is 24.3 Å². The first-order valence-corrected chi connectivity index (χ1v) is 10.1. The molecule has 0 N–H and O–H groups in total. The fourth-order valence-electron chi connectivity index (χ4n) is 2.98. The largest absolute Gasteiger partial charge is 0.451 e. The molecule has 27 heavy (non-hydrogen) atoms. The second-order valence-corrected chi connectivity index (χ2v) is 8.97. The van der Waals surface area contributed by atoms with Gasteiger partial charge in [-0.3, -0.25) is 9.59 Å². The van der Waals surface area contributed by atoms with Crippen molar-refractivity contribution in [3.05, 3.63) is 75.6 Å². The lowest BCUT2D eigenvalue weighted by atomic mass is 10.1. The van der Waals surface area contributed by atoms with Crippen LogP contribution < -0.4 is 5.43 Å². The van der Waals surface area contributed by atoms with Gasteiger partial charge >= 0.3 is 0 Å². The zero-order valence-corrected chi connectivity index (χ0v) is 15.5. The summed E-state index contributed by atoms with van der Waals surface area (Å²) >= 11 is 5.79. The third-order valence-electron chi connectivity index (χ3n) is 4.56. The van der Waals surface area contributed by atoms with Crippen LogP contribution in [-0.2, 0) is 9.84 Å². The van der Waals surface area contributed by atoms with Crippen LogP contribution in [0.4, 0.5) is 0 Å². The highest BCUT2D eigenvalue weighted by atomic mass is 35.5. The van der Waals surface area contributed by atoms with Crippen molar-refractivity contribution in [2.75, 3.05) is 13.1 Å². The first kappa shape index (κ1) is 17.8. The summed E-state index contributed by atoms with van der Waals surface area (Å²) in [4.78, 5) is 26.2. The zero-order chi connectivity index (χ0) is 19.2. The third kappa shape index (κ3) is 3.13. The van der Waals surface area contributed by atoms with Gasteiger partial charge in [-0.15, -0.1) is 0 Å². The van der Waals surface area contributed by atoms with E-state index in [0.29, 0.717) is 16.0 Å². The summed E-state index contributed by atoms with van der Waals surface area (Å²) in [7, 11) is -3.56. The summed E-state index contributed by atoms with van der Waals surface area (Å²) < 4.78 is 30.7. The van der Waals surface area contributed by atoms with Crippen LogP contribution in [0.3, 0.4) is 0 Å². The van der Waals surface area contributed by atoms with Crippen LogP contribution in [0.25, 0.3) is 11.0 Å². The smallest absolute Gasteiger partial charge is 0.289 e. The molecule has 1 aromatic heterocycles. The van der Waals surface area contributed by atoms with Crippen molar-refractivity contribution in [1.29, 1.82) is 0 Å². The Morgan fingerprint density at radius 2 is 1.74 bits per heavy atom. The molecule has 2 aromatic carbocycles. The molecule has 0 bridgehead atoms. The van der Waals surface area contributed by atoms with Gasteiger partial charge in [0.05, 0.1) is 10.3 Å². The molecule has 1 saturated heterocycles. The number of para-hydroxylation sites is 1. The molecule has 1 aliphatic rings. The minimum absolute atomic E-state index is 0.0420. The molecule has 3 aromatic rings. The molecule has 0 saturated carbocycles. The molecule has 0 atom stereocenters. The molecule has 2 heterocycles. The Morgan fingerprint density at radius 3 is 2.44 bits per heavy atom. The number of fused-ring (bicyclic) bond motifs is 1. The average Bonchev–Trinajstić information content (AvgIpc) is 2.60. The number of benzene rings is 2. The predicted molar refractivity (Wildman–Crippen MR) is 101 cm³/mol. The van der Waals surface area contributed by atoms with Gasteiger partial charge in [-0.1, -0.05) is 23.7 Å². The predicted octanol–water partition coefficient (Wildman–Crippen LogP) is 2.74. The highest BCUT2D eigenvalue weighted by molar-refractivity contribution is 7.92. The number of rotatable bonds is 3. The molecule has 0 unspecified atom stereocenters. The molecule has 1 aliphatic heterocycles. The van der Waals surface area contributed by atoms with Gasteiger partial charge in [0.15, 0.2) is 21.0 Å². The van der Waals surface area contributed by atoms with Crippen molar-refractivity contribution in [2.45, 2.75) is 10.1 Å². The van der Waals surface area contributed by atoms with Gasteiger partial charge in [0.1, 0.15) is 10.8 Å². The molecule has 4 rings (SSSR count). The van der Waals surface area contributed by atoms with Crippen LogP contribution in [0.5, 0.6) is 0 Å². The van der Waals surface area contributed by atoms with E-state index in [9.17, 15) is 18.0 Å². The van der Waals surface area contributed by atoms with Gasteiger partial charge in [-0.2, -0.15) is 0 Å². The molecule has 1 amide bonds. The van der Waals surface area contributed by atoms with Gasteiger partial charge in [0.2, 0.25) is 0 Å². The average molecular weight is 404 g/mol. The Labute approximate surface area is 159 Å². The number of nitrogens with zero attached hydrogens (tertiary/aromatic N) is 1. The molecule has 0 spiro atoms. The van der Waals surface area contributed by atoms with Gasteiger partial charge in [-0.05, 0) is 36.4 Å². The molecule has 0 aliphatic carbocycles. The summed E-state index contributed by atoms with van der Waals surface area (Å²) in [5.74, 6) is -0.596. The Bertz CT molecular complexity index is 1190. The number of hydrogen-bond acceptors (Lipinski definition) is 5. The normalized spacial score (nSPS) is 14.9. The van der Waals surface area contributed by atoms with Crippen LogP contribution in [0.1, 0.15) is 10.6 Å². The lowest BCUT2D eigenvalue weighted by Gasteiger charge is -2.38. The fourth-order valence-corrected chi connectivity index (χ4v) is 4.76. The van der Waals surface area contributed by atoms with E-state index in [4.69, 9.17) is 16.0 Å². The number of hydrogen-bond donors (Lipinski definition) is 0. The van der Waals surface area contributed by atoms with E-state index >= 15 is 0 Å². The van der Waals surface area contributed by atoms with Crippen LogP contribution in [0.15, 0.2) is 68.7 Å². The fraction of sp³-hybridized carbons (Fsp3) is 0.158. The van der Waals surface area contributed by atoms with Crippen LogP contribution in [0.2, 0.25) is 5.02 Å². The third-order valence-corrected chi connectivity index (χ3v) is 6.92. The SMILES string of the molecule is O=C(c1cc(=O)c2ccccc2o1)N1CC(S(=O)(=O)c2ccc(Cl)cc2)C1. The molecular formula is C19H14ClNO5S. The number of carbonyl (C=O) groups excluding carboxylic acids is 1. The van der Waals surface area contributed by atoms with Crippen molar-refractivity contribution in [3.63, 3.8) is 0 Å². The summed E-state index contributed by atoms with van der Waals surface area (Å²) in [6, 6.07) is 13.7. The van der Waals surface area contributed by atoms with E-state index < -0.39 is 21.0 Å². The van der Waals surface area contributed by atoms with Gasteiger partial charge < -0.3 is 9.32 Å². The maximum atomic E-state index is 12.6. The molecule has 138 valence electrons. The van der Waals surface area contributed by atoms with E-state index in [1.807, 2.05) is 0 Å². The Balaban J connectivity index is 1.53. The highest BCUT2D eigenvalue weighted by Gasteiger charge is 2.41. The highest BCUT2D eigenvalue weighted by Crippen LogP contribution is 2.26. The number of carbonyl (C=O) groups is 1. The summed E-state index contributed by atoms with van der Waals surface area (Å²) in [5.41, 5.74) is 0.00488. The second kappa shape index (κ2) is 6.51. The Hall–Kier alpha value is -2.64. The maximum Gasteiger partial charge on any atom is 0.289 e. The standard InChI is InChI=1S/C19H14ClNO5S/c20-12-5-7-13(8-6-12)27(24,25)14-10-21(11-14)19(23)18-9-16(22)15-3-1-2-4-17(15)26-18/h1-9,14H,10-11H2. The van der Waals surface area contributed by atoms with Gasteiger partial charge in [0.25, 0.3) is 5.91 Å². The van der Waals surface area contributed by atoms with Crippen molar-refractivity contribution in [3.8, 4) is 0 Å². The molecule has 1 fully saturated rings. The van der Waals surface area contributed by atoms with E-state index in [0.717, 1.165) is 6.07 Å².